The zero-order chi connectivity index (χ0) is 11.2. The van der Waals surface area contributed by atoms with E-state index in [0.29, 0.717) is 0 Å². The van der Waals surface area contributed by atoms with Gasteiger partial charge in [0.15, 0.2) is 0 Å². The molecule has 0 unspecified atom stereocenters. The average Bonchev–Trinajstić information content (AvgIpc) is 2.72. The van der Waals surface area contributed by atoms with Gasteiger partial charge < -0.3 is 10.3 Å². The molecule has 1 heterocycles. The molecular weight excluding hydrogens is 198 g/mol. The second-order valence-corrected chi connectivity index (χ2v) is 4.96. The molecule has 1 saturated carbocycles. The number of imidazole rings is 1. The molecule has 1 fully saturated rings. The maximum atomic E-state index is 4.19. The van der Waals surface area contributed by atoms with Crippen LogP contribution in [0.1, 0.15) is 50.0 Å². The van der Waals surface area contributed by atoms with Crippen molar-refractivity contribution in [3.63, 3.8) is 0 Å². The van der Waals surface area contributed by atoms with Crippen LogP contribution in [-0.2, 0) is 6.54 Å². The molecule has 0 radical (unpaired) electrons. The number of aromatic nitrogens is 2. The molecule has 0 amide bonds. The van der Waals surface area contributed by atoms with Crippen molar-refractivity contribution < 1.29 is 0 Å². The maximum absolute atomic E-state index is 4.19. The van der Waals surface area contributed by atoms with Gasteiger partial charge in [-0.05, 0) is 25.8 Å². The minimum Gasteiger partial charge on any atom is -0.345 e. The van der Waals surface area contributed by atoms with Crippen LogP contribution in [0, 0.1) is 12.8 Å². The second kappa shape index (κ2) is 6.04. The first-order chi connectivity index (χ1) is 7.84. The molecule has 1 aliphatic carbocycles. The van der Waals surface area contributed by atoms with E-state index >= 15 is 0 Å². The number of rotatable bonds is 5. The minimum absolute atomic E-state index is 0.924. The van der Waals surface area contributed by atoms with Gasteiger partial charge >= 0.3 is 0 Å². The Morgan fingerprint density at radius 2 is 2.19 bits per heavy atom. The van der Waals surface area contributed by atoms with Crippen LogP contribution in [0.15, 0.2) is 6.20 Å². The van der Waals surface area contributed by atoms with Crippen molar-refractivity contribution in [3.05, 3.63) is 17.7 Å². The van der Waals surface area contributed by atoms with E-state index in [1.807, 2.05) is 13.1 Å². The number of aryl methyl sites for hydroxylation is 1. The van der Waals surface area contributed by atoms with Gasteiger partial charge in [0, 0.05) is 18.4 Å². The van der Waals surface area contributed by atoms with Crippen LogP contribution in [0.3, 0.4) is 0 Å². The molecule has 16 heavy (non-hydrogen) atoms. The van der Waals surface area contributed by atoms with E-state index in [4.69, 9.17) is 0 Å². The summed E-state index contributed by atoms with van der Waals surface area (Å²) < 4.78 is 0. The van der Waals surface area contributed by atoms with Crippen molar-refractivity contribution in [3.8, 4) is 0 Å². The third-order valence-corrected chi connectivity index (χ3v) is 3.53. The Bertz CT molecular complexity index is 300. The van der Waals surface area contributed by atoms with Crippen molar-refractivity contribution in [2.45, 2.75) is 52.0 Å². The molecular formula is C13H23N3. The summed E-state index contributed by atoms with van der Waals surface area (Å²) in [6.45, 7) is 4.06. The summed E-state index contributed by atoms with van der Waals surface area (Å²) in [5.41, 5.74) is 1.20. The molecule has 0 atom stereocenters. The summed E-state index contributed by atoms with van der Waals surface area (Å²) >= 11 is 0. The molecule has 3 nitrogen and oxygen atoms in total. The highest BCUT2D eigenvalue weighted by molar-refractivity contribution is 4.99. The molecule has 1 aliphatic rings. The fourth-order valence-corrected chi connectivity index (χ4v) is 2.57. The minimum atomic E-state index is 0.924. The molecule has 2 N–H and O–H groups in total. The van der Waals surface area contributed by atoms with E-state index in [9.17, 15) is 0 Å². The smallest absolute Gasteiger partial charge is 0.103 e. The van der Waals surface area contributed by atoms with E-state index < -0.39 is 0 Å². The monoisotopic (exact) mass is 221 g/mol. The van der Waals surface area contributed by atoms with Gasteiger partial charge in [0.1, 0.15) is 5.82 Å². The zero-order valence-corrected chi connectivity index (χ0v) is 10.3. The first kappa shape index (κ1) is 11.6. The van der Waals surface area contributed by atoms with Gasteiger partial charge in [-0.25, -0.2) is 4.98 Å². The van der Waals surface area contributed by atoms with Gasteiger partial charge in [-0.2, -0.15) is 0 Å². The van der Waals surface area contributed by atoms with Gasteiger partial charge in [0.05, 0.1) is 0 Å². The highest BCUT2D eigenvalue weighted by Crippen LogP contribution is 2.25. The molecule has 3 heteroatoms. The quantitative estimate of drug-likeness (QED) is 0.751. The Balaban J connectivity index is 1.57. The lowest BCUT2D eigenvalue weighted by molar-refractivity contribution is 0.333. The van der Waals surface area contributed by atoms with Crippen LogP contribution in [0.4, 0.5) is 0 Å². The largest absolute Gasteiger partial charge is 0.345 e. The summed E-state index contributed by atoms with van der Waals surface area (Å²) in [7, 11) is 0. The van der Waals surface area contributed by atoms with Gasteiger partial charge in [-0.15, -0.1) is 0 Å². The van der Waals surface area contributed by atoms with E-state index in [1.54, 1.807) is 0 Å². The third-order valence-electron chi connectivity index (χ3n) is 3.53. The number of hydrogen-bond donors (Lipinski definition) is 2. The number of nitrogens with zero attached hydrogens (tertiary/aromatic N) is 1. The summed E-state index contributed by atoms with van der Waals surface area (Å²) in [6.07, 6.45) is 10.5. The standard InChI is InChI=1S/C13H23N3/c1-11-15-10-13(16-11)9-14-8-7-12-5-3-2-4-6-12/h10,12,14H,2-9H2,1H3,(H,15,16). The van der Waals surface area contributed by atoms with Crippen molar-refractivity contribution in [1.82, 2.24) is 15.3 Å². The fraction of sp³-hybridized carbons (Fsp3) is 0.769. The van der Waals surface area contributed by atoms with Crippen LogP contribution in [0.2, 0.25) is 0 Å². The molecule has 0 spiro atoms. The fourth-order valence-electron chi connectivity index (χ4n) is 2.57. The lowest BCUT2D eigenvalue weighted by Gasteiger charge is -2.21. The highest BCUT2D eigenvalue weighted by atomic mass is 15.0. The predicted molar refractivity (Wildman–Crippen MR) is 66.2 cm³/mol. The van der Waals surface area contributed by atoms with Gasteiger partial charge in [-0.3, -0.25) is 0 Å². The van der Waals surface area contributed by atoms with Crippen LogP contribution < -0.4 is 5.32 Å². The van der Waals surface area contributed by atoms with Crippen LogP contribution in [-0.4, -0.2) is 16.5 Å². The predicted octanol–water partition coefficient (Wildman–Crippen LogP) is 2.78. The number of aromatic amines is 1. The number of H-pyrrole nitrogens is 1. The van der Waals surface area contributed by atoms with E-state index in [0.717, 1.165) is 24.8 Å². The van der Waals surface area contributed by atoms with Crippen molar-refractivity contribution in [1.29, 1.82) is 0 Å². The second-order valence-electron chi connectivity index (χ2n) is 4.96. The normalized spacial score (nSPS) is 17.8. The molecule has 0 aromatic carbocycles. The summed E-state index contributed by atoms with van der Waals surface area (Å²) in [4.78, 5) is 7.43. The van der Waals surface area contributed by atoms with Gasteiger partial charge in [0.25, 0.3) is 0 Å². The van der Waals surface area contributed by atoms with Crippen molar-refractivity contribution in [2.75, 3.05) is 6.54 Å². The van der Waals surface area contributed by atoms with Crippen LogP contribution >= 0.6 is 0 Å². The molecule has 1 aromatic heterocycles. The molecule has 2 rings (SSSR count). The zero-order valence-electron chi connectivity index (χ0n) is 10.3. The summed E-state index contributed by atoms with van der Waals surface area (Å²) in [6, 6.07) is 0. The van der Waals surface area contributed by atoms with E-state index in [2.05, 4.69) is 15.3 Å². The Kier molecular flexibility index (Phi) is 4.40. The number of nitrogens with one attached hydrogen (secondary N) is 2. The SMILES string of the molecule is Cc1ncc(CNCCC2CCCCC2)[nH]1. The van der Waals surface area contributed by atoms with Crippen LogP contribution in [0.5, 0.6) is 0 Å². The Labute approximate surface area is 98.1 Å². The molecule has 90 valence electrons. The molecule has 0 aliphatic heterocycles. The van der Waals surface area contributed by atoms with Gasteiger partial charge in [0.2, 0.25) is 0 Å². The lowest BCUT2D eigenvalue weighted by Crippen LogP contribution is -2.19. The van der Waals surface area contributed by atoms with Crippen LogP contribution in [0.25, 0.3) is 0 Å². The van der Waals surface area contributed by atoms with E-state index in [1.165, 1.54) is 44.2 Å². The maximum Gasteiger partial charge on any atom is 0.103 e. The molecule has 0 saturated heterocycles. The van der Waals surface area contributed by atoms with Crippen molar-refractivity contribution in [2.24, 2.45) is 5.92 Å². The highest BCUT2D eigenvalue weighted by Gasteiger charge is 2.12. The molecule has 1 aromatic rings. The Morgan fingerprint density at radius 3 is 2.88 bits per heavy atom. The van der Waals surface area contributed by atoms with Crippen molar-refractivity contribution >= 4 is 0 Å². The first-order valence-corrected chi connectivity index (χ1v) is 6.56. The number of hydrogen-bond acceptors (Lipinski definition) is 2. The summed E-state index contributed by atoms with van der Waals surface area (Å²) in [5, 5.41) is 3.49. The lowest BCUT2D eigenvalue weighted by atomic mass is 9.87. The molecule has 0 bridgehead atoms. The van der Waals surface area contributed by atoms with Gasteiger partial charge in [-0.1, -0.05) is 32.1 Å². The summed E-state index contributed by atoms with van der Waals surface area (Å²) in [5.74, 6) is 1.98. The Morgan fingerprint density at radius 1 is 1.38 bits per heavy atom. The van der Waals surface area contributed by atoms with E-state index in [-0.39, 0.29) is 0 Å². The Hall–Kier alpha value is -0.830. The topological polar surface area (TPSA) is 40.7 Å². The third kappa shape index (κ3) is 3.63. The average molecular weight is 221 g/mol. The first-order valence-electron chi connectivity index (χ1n) is 6.56.